The Kier molecular flexibility index (Phi) is 58.2. The monoisotopic (exact) mass is 1010 g/mol. The number of ether oxygens (including phenoxy) is 3. The standard InChI is InChI=1S/C66H118O6/c1-4-7-10-13-16-19-22-25-26-27-28-29-30-31-32-33-34-35-36-37-38-39-40-42-44-47-50-53-56-59-65(68)71-62-63(61-70-64(67)58-55-52-49-46-43-24-21-18-15-12-9-6-3)72-66(69)60-57-54-51-48-45-41-23-20-17-14-11-8-5-2/h8,11,17-18,20-21,41,45,51,54,63H,4-7,9-10,12-16,19,22-40,42-44,46-50,52-53,55-62H2,1-3H3/b11-8-,20-17-,21-18-,45-41-,54-51-. The van der Waals surface area contributed by atoms with E-state index < -0.39 is 6.10 Å². The third-order valence-corrected chi connectivity index (χ3v) is 13.8. The van der Waals surface area contributed by atoms with E-state index in [-0.39, 0.29) is 37.5 Å². The third-order valence-electron chi connectivity index (χ3n) is 13.8. The van der Waals surface area contributed by atoms with Gasteiger partial charge >= 0.3 is 17.9 Å². The largest absolute Gasteiger partial charge is 0.462 e. The second-order valence-corrected chi connectivity index (χ2v) is 20.9. The van der Waals surface area contributed by atoms with E-state index in [1.807, 2.05) is 6.08 Å². The number of hydrogen-bond donors (Lipinski definition) is 0. The molecule has 0 fully saturated rings. The molecule has 0 saturated carbocycles. The lowest BCUT2D eigenvalue weighted by Gasteiger charge is -2.18. The summed E-state index contributed by atoms with van der Waals surface area (Å²) < 4.78 is 16.8. The lowest BCUT2D eigenvalue weighted by atomic mass is 10.0. The van der Waals surface area contributed by atoms with Gasteiger partial charge in [-0.25, -0.2) is 0 Å². The first-order chi connectivity index (χ1) is 35.5. The van der Waals surface area contributed by atoms with Crippen LogP contribution >= 0.6 is 0 Å². The fourth-order valence-corrected chi connectivity index (χ4v) is 9.10. The van der Waals surface area contributed by atoms with Gasteiger partial charge < -0.3 is 14.2 Å². The van der Waals surface area contributed by atoms with E-state index in [1.54, 1.807) is 0 Å². The molecule has 6 heteroatoms. The molecule has 0 amide bonds. The van der Waals surface area contributed by atoms with E-state index in [2.05, 4.69) is 75.5 Å². The van der Waals surface area contributed by atoms with Crippen LogP contribution in [0.2, 0.25) is 0 Å². The second kappa shape index (κ2) is 60.7. The summed E-state index contributed by atoms with van der Waals surface area (Å²) in [7, 11) is 0. The molecule has 0 aliphatic rings. The average molecular weight is 1010 g/mol. The van der Waals surface area contributed by atoms with Gasteiger partial charge in [0, 0.05) is 19.3 Å². The van der Waals surface area contributed by atoms with Crippen molar-refractivity contribution >= 4 is 17.9 Å². The maximum absolute atomic E-state index is 12.8. The van der Waals surface area contributed by atoms with Crippen LogP contribution in [-0.4, -0.2) is 37.2 Å². The van der Waals surface area contributed by atoms with Crippen LogP contribution in [0.5, 0.6) is 0 Å². The van der Waals surface area contributed by atoms with Crippen LogP contribution in [0.1, 0.15) is 323 Å². The molecule has 1 atom stereocenters. The third kappa shape index (κ3) is 58.0. The molecule has 0 aliphatic heterocycles. The van der Waals surface area contributed by atoms with E-state index in [0.29, 0.717) is 19.3 Å². The first-order valence-electron chi connectivity index (χ1n) is 31.3. The summed E-state index contributed by atoms with van der Waals surface area (Å²) in [5.41, 5.74) is 0. The number of unbranched alkanes of at least 4 members (excludes halogenated alkanes) is 36. The maximum atomic E-state index is 12.8. The van der Waals surface area contributed by atoms with Crippen molar-refractivity contribution in [2.45, 2.75) is 329 Å². The highest BCUT2D eigenvalue weighted by molar-refractivity contribution is 5.71. The van der Waals surface area contributed by atoms with Crippen molar-refractivity contribution in [3.05, 3.63) is 60.8 Å². The maximum Gasteiger partial charge on any atom is 0.306 e. The summed E-state index contributed by atoms with van der Waals surface area (Å²) in [6, 6.07) is 0. The molecule has 0 aromatic carbocycles. The molecule has 0 radical (unpaired) electrons. The van der Waals surface area contributed by atoms with Gasteiger partial charge in [0.2, 0.25) is 0 Å². The van der Waals surface area contributed by atoms with Crippen LogP contribution in [0.15, 0.2) is 60.8 Å². The van der Waals surface area contributed by atoms with Crippen LogP contribution in [-0.2, 0) is 28.6 Å². The van der Waals surface area contributed by atoms with Crippen molar-refractivity contribution in [3.8, 4) is 0 Å². The molecule has 0 saturated heterocycles. The zero-order chi connectivity index (χ0) is 52.2. The van der Waals surface area contributed by atoms with Crippen LogP contribution in [0, 0.1) is 0 Å². The normalized spacial score (nSPS) is 12.4. The van der Waals surface area contributed by atoms with E-state index in [4.69, 9.17) is 14.2 Å². The van der Waals surface area contributed by atoms with E-state index in [0.717, 1.165) is 70.6 Å². The molecule has 0 spiro atoms. The Bertz CT molecular complexity index is 1290. The highest BCUT2D eigenvalue weighted by atomic mass is 16.6. The predicted molar refractivity (Wildman–Crippen MR) is 312 cm³/mol. The second-order valence-electron chi connectivity index (χ2n) is 20.9. The average Bonchev–Trinajstić information content (AvgIpc) is 3.38. The first kappa shape index (κ1) is 69.1. The number of carbonyl (C=O) groups is 3. The molecule has 72 heavy (non-hydrogen) atoms. The number of rotatable bonds is 57. The van der Waals surface area contributed by atoms with E-state index in [9.17, 15) is 14.4 Å². The highest BCUT2D eigenvalue weighted by Crippen LogP contribution is 2.17. The van der Waals surface area contributed by atoms with Crippen molar-refractivity contribution in [1.29, 1.82) is 0 Å². The molecule has 0 rings (SSSR count). The lowest BCUT2D eigenvalue weighted by Crippen LogP contribution is -2.30. The quantitative estimate of drug-likeness (QED) is 0.0261. The summed E-state index contributed by atoms with van der Waals surface area (Å²) in [5, 5.41) is 0. The summed E-state index contributed by atoms with van der Waals surface area (Å²) in [6.45, 7) is 6.47. The Morgan fingerprint density at radius 1 is 0.292 bits per heavy atom. The number of allylic oxidation sites excluding steroid dienone is 10. The van der Waals surface area contributed by atoms with Crippen LogP contribution in [0.4, 0.5) is 0 Å². The van der Waals surface area contributed by atoms with Gasteiger partial charge in [-0.1, -0.05) is 293 Å². The van der Waals surface area contributed by atoms with Crippen molar-refractivity contribution in [2.75, 3.05) is 13.2 Å². The number of carbonyl (C=O) groups excluding carboxylic acids is 3. The molecule has 0 heterocycles. The summed E-state index contributed by atoms with van der Waals surface area (Å²) >= 11 is 0. The Morgan fingerprint density at radius 2 is 0.569 bits per heavy atom. The van der Waals surface area contributed by atoms with E-state index >= 15 is 0 Å². The molecule has 0 aliphatic carbocycles. The minimum atomic E-state index is -0.814. The van der Waals surface area contributed by atoms with Gasteiger partial charge in [-0.05, 0) is 70.6 Å². The lowest BCUT2D eigenvalue weighted by molar-refractivity contribution is -0.166. The van der Waals surface area contributed by atoms with Crippen molar-refractivity contribution in [2.24, 2.45) is 0 Å². The molecule has 0 N–H and O–H groups in total. The van der Waals surface area contributed by atoms with Gasteiger partial charge in [-0.3, -0.25) is 14.4 Å². The Hall–Kier alpha value is -2.89. The van der Waals surface area contributed by atoms with Crippen molar-refractivity contribution < 1.29 is 28.6 Å². The SMILES string of the molecule is CC/C=C\C/C=C\C/C=C\C/C=C\CCC(=O)OC(COC(=O)CCCCCCC/C=C\CCCCC)COC(=O)CCCCCCCCCCCCCCCCCCCCCCCCCCCCCCC. The number of hydrogen-bond acceptors (Lipinski definition) is 6. The fourth-order valence-electron chi connectivity index (χ4n) is 9.10. The van der Waals surface area contributed by atoms with Gasteiger partial charge in [0.05, 0.1) is 0 Å². The van der Waals surface area contributed by atoms with Crippen LogP contribution in [0.3, 0.4) is 0 Å². The zero-order valence-corrected chi connectivity index (χ0v) is 47.9. The molecular formula is C66H118O6. The minimum Gasteiger partial charge on any atom is -0.462 e. The Balaban J connectivity index is 4.15. The van der Waals surface area contributed by atoms with Gasteiger partial charge in [-0.15, -0.1) is 0 Å². The summed E-state index contributed by atoms with van der Waals surface area (Å²) in [6.07, 6.45) is 77.0. The Labute approximate surface area is 447 Å². The molecule has 0 aromatic heterocycles. The van der Waals surface area contributed by atoms with Gasteiger partial charge in [-0.2, -0.15) is 0 Å². The van der Waals surface area contributed by atoms with Crippen molar-refractivity contribution in [3.63, 3.8) is 0 Å². The molecule has 418 valence electrons. The summed E-state index contributed by atoms with van der Waals surface area (Å²) in [5.74, 6) is -0.983. The van der Waals surface area contributed by atoms with Gasteiger partial charge in [0.1, 0.15) is 13.2 Å². The Morgan fingerprint density at radius 3 is 0.931 bits per heavy atom. The van der Waals surface area contributed by atoms with Crippen LogP contribution < -0.4 is 0 Å². The molecular weight excluding hydrogens is 889 g/mol. The number of esters is 3. The molecule has 0 bridgehead atoms. The first-order valence-corrected chi connectivity index (χ1v) is 31.3. The minimum absolute atomic E-state index is 0.103. The molecule has 1 unspecified atom stereocenters. The van der Waals surface area contributed by atoms with Gasteiger partial charge in [0.25, 0.3) is 0 Å². The molecule has 6 nitrogen and oxygen atoms in total. The smallest absolute Gasteiger partial charge is 0.306 e. The van der Waals surface area contributed by atoms with Gasteiger partial charge in [0.15, 0.2) is 6.10 Å². The molecule has 0 aromatic rings. The highest BCUT2D eigenvalue weighted by Gasteiger charge is 2.19. The summed E-state index contributed by atoms with van der Waals surface area (Å²) in [4.78, 5) is 38.1. The van der Waals surface area contributed by atoms with E-state index in [1.165, 1.54) is 205 Å². The zero-order valence-electron chi connectivity index (χ0n) is 47.9. The fraction of sp³-hybridized carbons (Fsp3) is 0.803. The topological polar surface area (TPSA) is 78.9 Å². The van der Waals surface area contributed by atoms with Crippen LogP contribution in [0.25, 0.3) is 0 Å². The predicted octanol–water partition coefficient (Wildman–Crippen LogP) is 21.2. The van der Waals surface area contributed by atoms with Crippen molar-refractivity contribution in [1.82, 2.24) is 0 Å².